The SMILES string of the molecule is COC(=O)c1cc([N+](=O)[O-])ccc1Sc1nnc(C(F)(F)F)n1N. The number of non-ortho nitro benzene ring substituents is 1. The molecule has 128 valence electrons. The molecule has 1 aromatic heterocycles. The van der Waals surface area contributed by atoms with Crippen LogP contribution >= 0.6 is 11.8 Å². The van der Waals surface area contributed by atoms with Gasteiger partial charge in [-0.15, -0.1) is 10.2 Å². The lowest BCUT2D eigenvalue weighted by Crippen LogP contribution is -2.21. The smallest absolute Gasteiger partial charge is 0.453 e. The Bertz CT molecular complexity index is 807. The van der Waals surface area contributed by atoms with Crippen LogP contribution in [0.3, 0.4) is 0 Å². The van der Waals surface area contributed by atoms with Gasteiger partial charge in [-0.25, -0.2) is 9.47 Å². The van der Waals surface area contributed by atoms with Gasteiger partial charge in [0.2, 0.25) is 5.16 Å². The van der Waals surface area contributed by atoms with Gasteiger partial charge >= 0.3 is 12.1 Å². The number of halogens is 3. The van der Waals surface area contributed by atoms with Gasteiger partial charge in [0.1, 0.15) is 0 Å². The number of rotatable bonds is 4. The van der Waals surface area contributed by atoms with Crippen LogP contribution in [0.15, 0.2) is 28.3 Å². The lowest BCUT2D eigenvalue weighted by Gasteiger charge is -2.08. The van der Waals surface area contributed by atoms with Crippen LogP contribution < -0.4 is 5.84 Å². The number of hydrogen-bond acceptors (Lipinski definition) is 8. The van der Waals surface area contributed by atoms with Crippen LogP contribution in [-0.4, -0.2) is 32.9 Å². The van der Waals surface area contributed by atoms with Gasteiger partial charge in [0.25, 0.3) is 11.5 Å². The minimum absolute atomic E-state index is 0.0697. The van der Waals surface area contributed by atoms with Gasteiger partial charge in [-0.1, -0.05) is 0 Å². The molecule has 0 saturated carbocycles. The van der Waals surface area contributed by atoms with Crippen molar-refractivity contribution in [3.8, 4) is 0 Å². The van der Waals surface area contributed by atoms with E-state index in [-0.39, 0.29) is 26.0 Å². The number of carbonyl (C=O) groups excluding carboxylic acids is 1. The zero-order chi connectivity index (χ0) is 18.1. The van der Waals surface area contributed by atoms with Crippen molar-refractivity contribution in [1.29, 1.82) is 0 Å². The molecule has 2 rings (SSSR count). The highest BCUT2D eigenvalue weighted by Gasteiger charge is 2.38. The number of nitro benzene ring substituents is 1. The van der Waals surface area contributed by atoms with Crippen molar-refractivity contribution in [3.63, 3.8) is 0 Å². The third-order valence-electron chi connectivity index (χ3n) is 2.70. The third kappa shape index (κ3) is 3.40. The maximum Gasteiger partial charge on any atom is 0.453 e. The predicted molar refractivity (Wildman–Crippen MR) is 73.7 cm³/mol. The first-order chi connectivity index (χ1) is 11.1. The molecule has 0 unspecified atom stereocenters. The minimum Gasteiger partial charge on any atom is -0.465 e. The molecule has 0 aliphatic rings. The molecular formula is C11H8F3N5O4S. The van der Waals surface area contributed by atoms with Crippen LogP contribution in [0.25, 0.3) is 0 Å². The molecule has 13 heteroatoms. The first-order valence-corrected chi connectivity index (χ1v) is 6.79. The number of nitro groups is 1. The molecule has 24 heavy (non-hydrogen) atoms. The van der Waals surface area contributed by atoms with E-state index in [1.54, 1.807) is 0 Å². The molecule has 0 amide bonds. The molecule has 0 spiro atoms. The molecule has 1 aromatic carbocycles. The highest BCUT2D eigenvalue weighted by atomic mass is 32.2. The second kappa shape index (κ2) is 6.35. The largest absolute Gasteiger partial charge is 0.465 e. The first-order valence-electron chi connectivity index (χ1n) is 5.97. The average molecular weight is 363 g/mol. The number of benzene rings is 1. The normalized spacial score (nSPS) is 11.3. The van der Waals surface area contributed by atoms with Gasteiger partial charge in [-0.05, 0) is 17.8 Å². The maximum absolute atomic E-state index is 12.6. The number of alkyl halides is 3. The molecule has 0 aliphatic heterocycles. The Balaban J connectivity index is 2.45. The third-order valence-corrected chi connectivity index (χ3v) is 3.74. The van der Waals surface area contributed by atoms with Crippen molar-refractivity contribution in [2.75, 3.05) is 13.0 Å². The topological polar surface area (TPSA) is 126 Å². The zero-order valence-corrected chi connectivity index (χ0v) is 12.6. The summed E-state index contributed by atoms with van der Waals surface area (Å²) in [7, 11) is 1.06. The lowest BCUT2D eigenvalue weighted by atomic mass is 10.2. The second-order valence-corrected chi connectivity index (χ2v) is 5.21. The number of esters is 1. The standard InChI is InChI=1S/C11H8F3N5O4S/c1-23-8(20)6-4-5(19(21)22)2-3-7(6)24-10-17-16-9(18(10)15)11(12,13)14/h2-4H,15H2,1H3. The Morgan fingerprint density at radius 3 is 2.58 bits per heavy atom. The summed E-state index contributed by atoms with van der Waals surface area (Å²) in [6.07, 6.45) is -4.80. The summed E-state index contributed by atoms with van der Waals surface area (Å²) in [4.78, 5) is 21.9. The van der Waals surface area contributed by atoms with Gasteiger partial charge in [-0.3, -0.25) is 10.1 Å². The Labute approximate surface area is 135 Å². The van der Waals surface area contributed by atoms with Crippen molar-refractivity contribution in [3.05, 3.63) is 39.7 Å². The van der Waals surface area contributed by atoms with Gasteiger partial charge in [0.15, 0.2) is 0 Å². The van der Waals surface area contributed by atoms with Crippen LogP contribution in [0.2, 0.25) is 0 Å². The average Bonchev–Trinajstić information content (AvgIpc) is 2.87. The molecule has 2 aromatic rings. The molecule has 0 atom stereocenters. The molecule has 9 nitrogen and oxygen atoms in total. The van der Waals surface area contributed by atoms with Crippen LogP contribution in [0.5, 0.6) is 0 Å². The second-order valence-electron chi connectivity index (χ2n) is 4.21. The first kappa shape index (κ1) is 17.5. The lowest BCUT2D eigenvalue weighted by molar-refractivity contribution is -0.384. The summed E-state index contributed by atoms with van der Waals surface area (Å²) in [5, 5.41) is 16.7. The highest BCUT2D eigenvalue weighted by Crippen LogP contribution is 2.34. The summed E-state index contributed by atoms with van der Waals surface area (Å²) < 4.78 is 42.7. The van der Waals surface area contributed by atoms with E-state index in [0.717, 1.165) is 19.2 Å². The molecule has 0 saturated heterocycles. The fourth-order valence-corrected chi connectivity index (χ4v) is 2.48. The Morgan fingerprint density at radius 2 is 2.08 bits per heavy atom. The molecule has 0 radical (unpaired) electrons. The fourth-order valence-electron chi connectivity index (χ4n) is 1.63. The van der Waals surface area contributed by atoms with Crippen molar-refractivity contribution in [1.82, 2.24) is 14.9 Å². The molecule has 0 fully saturated rings. The summed E-state index contributed by atoms with van der Waals surface area (Å²) in [6, 6.07) is 3.20. The fraction of sp³-hybridized carbons (Fsp3) is 0.182. The van der Waals surface area contributed by atoms with Gasteiger partial charge in [0, 0.05) is 17.0 Å². The maximum atomic E-state index is 12.6. The number of methoxy groups -OCH3 is 1. The number of nitrogens with zero attached hydrogens (tertiary/aromatic N) is 4. The van der Waals surface area contributed by atoms with E-state index in [1.165, 1.54) is 6.07 Å². The number of aromatic nitrogens is 3. The van der Waals surface area contributed by atoms with E-state index >= 15 is 0 Å². The number of nitrogens with two attached hydrogens (primary N) is 1. The van der Waals surface area contributed by atoms with Crippen molar-refractivity contribution in [2.24, 2.45) is 0 Å². The predicted octanol–water partition coefficient (Wildman–Crippen LogP) is 1.86. The molecular weight excluding hydrogens is 355 g/mol. The van der Waals surface area contributed by atoms with Crippen molar-refractivity contribution in [2.45, 2.75) is 16.2 Å². The van der Waals surface area contributed by atoms with E-state index in [9.17, 15) is 28.1 Å². The summed E-state index contributed by atoms with van der Waals surface area (Å²) in [6.45, 7) is 0. The van der Waals surface area contributed by atoms with Gasteiger partial charge in [0.05, 0.1) is 17.6 Å². The Morgan fingerprint density at radius 1 is 1.42 bits per heavy atom. The summed E-state index contributed by atoms with van der Waals surface area (Å²) >= 11 is 0.583. The van der Waals surface area contributed by atoms with Crippen LogP contribution in [0, 0.1) is 10.1 Å². The summed E-state index contributed by atoms with van der Waals surface area (Å²) in [5.41, 5.74) is -0.599. The van der Waals surface area contributed by atoms with E-state index in [1.807, 2.05) is 0 Å². The van der Waals surface area contributed by atoms with Crippen LogP contribution in [0.4, 0.5) is 18.9 Å². The van der Waals surface area contributed by atoms with Gasteiger partial charge < -0.3 is 10.6 Å². The Hall–Kier alpha value is -2.83. The van der Waals surface area contributed by atoms with Crippen LogP contribution in [0.1, 0.15) is 16.2 Å². The zero-order valence-electron chi connectivity index (χ0n) is 11.8. The van der Waals surface area contributed by atoms with Gasteiger partial charge in [-0.2, -0.15) is 13.2 Å². The van der Waals surface area contributed by atoms with Crippen molar-refractivity contribution < 1.29 is 27.6 Å². The molecule has 0 bridgehead atoms. The highest BCUT2D eigenvalue weighted by molar-refractivity contribution is 7.99. The number of hydrogen-bond donors (Lipinski definition) is 1. The van der Waals surface area contributed by atoms with E-state index in [0.29, 0.717) is 11.8 Å². The van der Waals surface area contributed by atoms with E-state index in [2.05, 4.69) is 14.9 Å². The minimum atomic E-state index is -4.80. The molecule has 2 N–H and O–H groups in total. The Kier molecular flexibility index (Phi) is 4.64. The molecule has 0 aliphatic carbocycles. The number of nitrogen functional groups attached to an aromatic ring is 1. The van der Waals surface area contributed by atoms with E-state index in [4.69, 9.17) is 5.84 Å². The van der Waals surface area contributed by atoms with E-state index < -0.39 is 22.9 Å². The monoisotopic (exact) mass is 363 g/mol. The number of carbonyl (C=O) groups is 1. The van der Waals surface area contributed by atoms with Crippen LogP contribution in [-0.2, 0) is 10.9 Å². The molecule has 1 heterocycles. The number of ether oxygens (including phenoxy) is 1. The summed E-state index contributed by atoms with van der Waals surface area (Å²) in [5.74, 6) is 2.97. The van der Waals surface area contributed by atoms with Crippen molar-refractivity contribution >= 4 is 23.4 Å². The quantitative estimate of drug-likeness (QED) is 0.377.